The Morgan fingerprint density at radius 1 is 1.15 bits per heavy atom. The minimum atomic E-state index is 0. The average molecular weight is 473 g/mol. The molecule has 0 fully saturated rings. The van der Waals surface area contributed by atoms with Crippen LogP contribution in [0.1, 0.15) is 18.1 Å². The van der Waals surface area contributed by atoms with Crippen molar-refractivity contribution in [3.63, 3.8) is 0 Å². The Morgan fingerprint density at radius 2 is 1.92 bits per heavy atom. The molecule has 2 rings (SSSR count). The summed E-state index contributed by atoms with van der Waals surface area (Å²) in [6.45, 7) is 4.23. The van der Waals surface area contributed by atoms with Crippen molar-refractivity contribution < 1.29 is 9.47 Å². The first-order valence-corrected chi connectivity index (χ1v) is 8.36. The molecule has 0 spiro atoms. The highest BCUT2D eigenvalue weighted by Crippen LogP contribution is 2.27. The number of methoxy groups -OCH3 is 2. The van der Waals surface area contributed by atoms with Crippen molar-refractivity contribution in [2.45, 2.75) is 19.9 Å². The zero-order valence-corrected chi connectivity index (χ0v) is 18.1. The molecule has 0 radical (unpaired) electrons. The molecule has 8 heteroatoms. The summed E-state index contributed by atoms with van der Waals surface area (Å²) in [7, 11) is 5.19. The quantitative estimate of drug-likeness (QED) is 0.350. The van der Waals surface area contributed by atoms with Crippen LogP contribution in [0, 0.1) is 0 Å². The lowest BCUT2D eigenvalue weighted by atomic mass is 10.1. The van der Waals surface area contributed by atoms with Gasteiger partial charge in [0.2, 0.25) is 0 Å². The van der Waals surface area contributed by atoms with Gasteiger partial charge < -0.3 is 20.1 Å². The van der Waals surface area contributed by atoms with Crippen LogP contribution in [0.4, 0.5) is 0 Å². The summed E-state index contributed by atoms with van der Waals surface area (Å²) >= 11 is 0. The van der Waals surface area contributed by atoms with Crippen molar-refractivity contribution in [3.8, 4) is 11.5 Å². The second-order valence-electron chi connectivity index (χ2n) is 5.58. The molecule has 1 aromatic heterocycles. The van der Waals surface area contributed by atoms with Gasteiger partial charge in [-0.3, -0.25) is 4.68 Å². The average Bonchev–Trinajstić information content (AvgIpc) is 3.04. The molecular weight excluding hydrogens is 445 g/mol. The minimum Gasteiger partial charge on any atom is -0.493 e. The molecule has 1 aromatic carbocycles. The first-order valence-electron chi connectivity index (χ1n) is 8.36. The van der Waals surface area contributed by atoms with Gasteiger partial charge in [0.15, 0.2) is 17.5 Å². The van der Waals surface area contributed by atoms with Gasteiger partial charge in [0.1, 0.15) is 0 Å². The summed E-state index contributed by atoms with van der Waals surface area (Å²) in [5, 5.41) is 10.8. The smallest absolute Gasteiger partial charge is 0.191 e. The topological polar surface area (TPSA) is 72.7 Å². The fourth-order valence-corrected chi connectivity index (χ4v) is 2.43. The Hall–Kier alpha value is -1.97. The lowest BCUT2D eigenvalue weighted by molar-refractivity contribution is 0.354. The van der Waals surface area contributed by atoms with Crippen molar-refractivity contribution in [2.75, 3.05) is 27.3 Å². The number of hydrogen-bond acceptors (Lipinski definition) is 4. The van der Waals surface area contributed by atoms with Gasteiger partial charge in [0.05, 0.1) is 27.0 Å². The summed E-state index contributed by atoms with van der Waals surface area (Å²) in [6.07, 6.45) is 4.66. The van der Waals surface area contributed by atoms with Gasteiger partial charge in [-0.25, -0.2) is 4.99 Å². The summed E-state index contributed by atoms with van der Waals surface area (Å²) in [5.41, 5.74) is 2.26. The van der Waals surface area contributed by atoms with Crippen LogP contribution in [0.3, 0.4) is 0 Å². The second kappa shape index (κ2) is 11.6. The van der Waals surface area contributed by atoms with Gasteiger partial charge in [0.25, 0.3) is 0 Å². The van der Waals surface area contributed by atoms with Crippen LogP contribution in [-0.4, -0.2) is 43.0 Å². The van der Waals surface area contributed by atoms with Gasteiger partial charge in [-0.05, 0) is 31.0 Å². The van der Waals surface area contributed by atoms with Crippen molar-refractivity contribution in [2.24, 2.45) is 12.0 Å². The van der Waals surface area contributed by atoms with E-state index in [1.807, 2.05) is 37.6 Å². The first-order chi connectivity index (χ1) is 12.2. The predicted octanol–water partition coefficient (Wildman–Crippen LogP) is 2.35. The SMILES string of the molecule is CCNC(=NCc1cnn(C)c1)NCCc1ccc(OC)c(OC)c1.I. The van der Waals surface area contributed by atoms with Crippen molar-refractivity contribution in [3.05, 3.63) is 41.7 Å². The van der Waals surface area contributed by atoms with Crippen LogP contribution in [-0.2, 0) is 20.0 Å². The maximum atomic E-state index is 5.34. The van der Waals surface area contributed by atoms with E-state index in [0.29, 0.717) is 6.54 Å². The molecule has 2 aromatic rings. The number of guanidine groups is 1. The molecule has 144 valence electrons. The molecule has 1 heterocycles. The van der Waals surface area contributed by atoms with Crippen molar-refractivity contribution >= 4 is 29.9 Å². The fraction of sp³-hybridized carbons (Fsp3) is 0.444. The van der Waals surface area contributed by atoms with E-state index in [0.717, 1.165) is 42.5 Å². The van der Waals surface area contributed by atoms with Crippen molar-refractivity contribution in [1.29, 1.82) is 0 Å². The third-order valence-corrected chi connectivity index (χ3v) is 3.68. The van der Waals surface area contributed by atoms with E-state index in [1.165, 1.54) is 5.56 Å². The maximum Gasteiger partial charge on any atom is 0.191 e. The highest BCUT2D eigenvalue weighted by Gasteiger charge is 2.05. The number of ether oxygens (including phenoxy) is 2. The Morgan fingerprint density at radius 3 is 2.54 bits per heavy atom. The standard InChI is InChI=1S/C18H27N5O2.HI/c1-5-19-18(21-11-15-12-22-23(2)13-15)20-9-8-14-6-7-16(24-3)17(10-14)25-4;/h6-7,10,12-13H,5,8-9,11H2,1-4H3,(H2,19,20,21);1H. The van der Waals surface area contributed by atoms with Crippen LogP contribution >= 0.6 is 24.0 Å². The van der Waals surface area contributed by atoms with Crippen molar-refractivity contribution in [1.82, 2.24) is 20.4 Å². The number of aryl methyl sites for hydroxylation is 1. The zero-order valence-electron chi connectivity index (χ0n) is 15.8. The van der Waals surface area contributed by atoms with E-state index in [4.69, 9.17) is 9.47 Å². The predicted molar refractivity (Wildman–Crippen MR) is 115 cm³/mol. The largest absolute Gasteiger partial charge is 0.493 e. The minimum absolute atomic E-state index is 0. The Labute approximate surface area is 172 Å². The third-order valence-electron chi connectivity index (χ3n) is 3.68. The number of rotatable bonds is 8. The van der Waals surface area contributed by atoms with Crippen LogP contribution in [0.25, 0.3) is 0 Å². The number of hydrogen-bond donors (Lipinski definition) is 2. The Bertz CT molecular complexity index is 703. The van der Waals surface area contributed by atoms with Crippen LogP contribution in [0.15, 0.2) is 35.6 Å². The summed E-state index contributed by atoms with van der Waals surface area (Å²) in [4.78, 5) is 4.59. The Kier molecular flexibility index (Phi) is 9.85. The van der Waals surface area contributed by atoms with E-state index in [9.17, 15) is 0 Å². The van der Waals surface area contributed by atoms with Gasteiger partial charge in [0, 0.05) is 31.9 Å². The molecule has 0 aliphatic carbocycles. The van der Waals surface area contributed by atoms with E-state index >= 15 is 0 Å². The molecule has 0 atom stereocenters. The van der Waals surface area contributed by atoms with E-state index in [-0.39, 0.29) is 24.0 Å². The lowest BCUT2D eigenvalue weighted by Gasteiger charge is -2.12. The molecule has 0 aliphatic rings. The number of aliphatic imine (C=N–C) groups is 1. The van der Waals surface area contributed by atoms with Gasteiger partial charge in [-0.1, -0.05) is 6.07 Å². The molecule has 2 N–H and O–H groups in total. The van der Waals surface area contributed by atoms with Crippen LogP contribution in [0.2, 0.25) is 0 Å². The number of aromatic nitrogens is 2. The third kappa shape index (κ3) is 6.74. The Balaban J connectivity index is 0.00000338. The summed E-state index contributed by atoms with van der Waals surface area (Å²) in [6, 6.07) is 5.97. The van der Waals surface area contributed by atoms with Gasteiger partial charge >= 0.3 is 0 Å². The van der Waals surface area contributed by atoms with Gasteiger partial charge in [-0.2, -0.15) is 5.10 Å². The number of nitrogens with one attached hydrogen (secondary N) is 2. The maximum absolute atomic E-state index is 5.34. The molecule has 0 saturated heterocycles. The fourth-order valence-electron chi connectivity index (χ4n) is 2.43. The van der Waals surface area contributed by atoms with E-state index < -0.39 is 0 Å². The number of benzene rings is 1. The van der Waals surface area contributed by atoms with E-state index in [2.05, 4.69) is 27.6 Å². The van der Waals surface area contributed by atoms with Crippen LogP contribution < -0.4 is 20.1 Å². The normalized spacial score (nSPS) is 10.8. The monoisotopic (exact) mass is 473 g/mol. The summed E-state index contributed by atoms with van der Waals surface area (Å²) in [5.74, 6) is 2.29. The number of halogens is 1. The molecule has 0 unspecified atom stereocenters. The van der Waals surface area contributed by atoms with E-state index in [1.54, 1.807) is 18.9 Å². The van der Waals surface area contributed by atoms with Crippen LogP contribution in [0.5, 0.6) is 11.5 Å². The highest BCUT2D eigenvalue weighted by atomic mass is 127. The zero-order chi connectivity index (χ0) is 18.1. The molecular formula is C18H28IN5O2. The molecule has 0 bridgehead atoms. The summed E-state index contributed by atoms with van der Waals surface area (Å²) < 4.78 is 12.4. The molecule has 26 heavy (non-hydrogen) atoms. The highest BCUT2D eigenvalue weighted by molar-refractivity contribution is 14.0. The molecule has 0 amide bonds. The molecule has 7 nitrogen and oxygen atoms in total. The second-order valence-corrected chi connectivity index (χ2v) is 5.58. The van der Waals surface area contributed by atoms with Gasteiger partial charge in [-0.15, -0.1) is 24.0 Å². The molecule has 0 aliphatic heterocycles. The number of nitrogens with zero attached hydrogens (tertiary/aromatic N) is 3. The lowest BCUT2D eigenvalue weighted by Crippen LogP contribution is -2.38. The first kappa shape index (κ1) is 22.1. The molecule has 0 saturated carbocycles.